The van der Waals surface area contributed by atoms with Crippen LogP contribution in [0.3, 0.4) is 0 Å². The Bertz CT molecular complexity index is 1210. The van der Waals surface area contributed by atoms with Gasteiger partial charge in [-0.2, -0.15) is 5.10 Å². The van der Waals surface area contributed by atoms with Crippen LogP contribution < -0.4 is 9.62 Å². The molecule has 0 bridgehead atoms. The van der Waals surface area contributed by atoms with E-state index >= 15 is 0 Å². The van der Waals surface area contributed by atoms with E-state index in [9.17, 15) is 18.7 Å². The Morgan fingerprint density at radius 3 is 2.82 bits per heavy atom. The van der Waals surface area contributed by atoms with E-state index < -0.39 is 17.2 Å². The van der Waals surface area contributed by atoms with Gasteiger partial charge in [0.2, 0.25) is 0 Å². The highest BCUT2D eigenvalue weighted by Crippen LogP contribution is 2.37. The van der Waals surface area contributed by atoms with Crippen molar-refractivity contribution < 1.29 is 18.7 Å². The van der Waals surface area contributed by atoms with E-state index in [2.05, 4.69) is 14.8 Å². The summed E-state index contributed by atoms with van der Waals surface area (Å²) in [6, 6.07) is 4.97. The second-order valence-corrected chi connectivity index (χ2v) is 10.5. The fraction of sp³-hybridized carbons (Fsp3) is 0.458. The van der Waals surface area contributed by atoms with Crippen molar-refractivity contribution in [2.75, 3.05) is 11.4 Å². The lowest BCUT2D eigenvalue weighted by Gasteiger charge is -2.32. The van der Waals surface area contributed by atoms with Crippen LogP contribution in [0.25, 0.3) is 5.65 Å². The minimum absolute atomic E-state index is 0.251. The predicted octanol–water partition coefficient (Wildman–Crippen LogP) is 4.42. The smallest absolute Gasteiger partial charge is 0.266 e. The van der Waals surface area contributed by atoms with Gasteiger partial charge >= 0.3 is 0 Å². The summed E-state index contributed by atoms with van der Waals surface area (Å²) >= 11 is 1.38. The highest BCUT2D eigenvalue weighted by molar-refractivity contribution is 7.98. The number of carbonyl (C=O) groups excluding carboxylic acids is 1. The molecule has 1 aliphatic heterocycles. The van der Waals surface area contributed by atoms with Crippen molar-refractivity contribution in [3.63, 3.8) is 0 Å². The number of hydrogen-bond acceptors (Lipinski definition) is 6. The van der Waals surface area contributed by atoms with Crippen LogP contribution in [0.2, 0.25) is 0 Å². The quantitative estimate of drug-likeness (QED) is 0.519. The number of nitrogens with zero attached hydrogens (tertiary/aromatic N) is 4. The van der Waals surface area contributed by atoms with Crippen molar-refractivity contribution >= 4 is 29.3 Å². The molecule has 1 aliphatic carbocycles. The number of fused-ring (bicyclic) bond motifs is 1. The predicted molar refractivity (Wildman–Crippen MR) is 127 cm³/mol. The number of benzene rings is 1. The molecule has 5 rings (SSSR count). The van der Waals surface area contributed by atoms with Crippen LogP contribution in [0.4, 0.5) is 14.6 Å². The minimum atomic E-state index is -0.619. The summed E-state index contributed by atoms with van der Waals surface area (Å²) in [5.41, 5.74) is 0.456. The molecule has 0 radical (unpaired) electrons. The van der Waals surface area contributed by atoms with Gasteiger partial charge in [-0.3, -0.25) is 9.52 Å². The van der Waals surface area contributed by atoms with Gasteiger partial charge in [-0.15, -0.1) is 0 Å². The van der Waals surface area contributed by atoms with E-state index in [4.69, 9.17) is 0 Å². The maximum atomic E-state index is 14.5. The number of aromatic nitrogens is 3. The zero-order chi connectivity index (χ0) is 23.9. The Kier molecular flexibility index (Phi) is 6.20. The zero-order valence-corrected chi connectivity index (χ0v) is 19.7. The summed E-state index contributed by atoms with van der Waals surface area (Å²) in [7, 11) is 0. The molecule has 2 aromatic heterocycles. The number of carbonyl (C=O) groups is 1. The normalized spacial score (nSPS) is 25.1. The van der Waals surface area contributed by atoms with Gasteiger partial charge < -0.3 is 10.0 Å². The van der Waals surface area contributed by atoms with E-state index in [-0.39, 0.29) is 17.2 Å². The van der Waals surface area contributed by atoms with Gasteiger partial charge in [-0.1, -0.05) is 0 Å². The van der Waals surface area contributed by atoms with Crippen LogP contribution >= 0.6 is 11.9 Å². The Balaban J connectivity index is 1.34. The number of rotatable bonds is 5. The van der Waals surface area contributed by atoms with Gasteiger partial charge in [-0.05, 0) is 81.7 Å². The number of halogens is 2. The number of anilines is 1. The van der Waals surface area contributed by atoms with E-state index in [0.717, 1.165) is 31.4 Å². The molecular formula is C24H27F2N5O2S. The first-order valence-electron chi connectivity index (χ1n) is 11.6. The van der Waals surface area contributed by atoms with Crippen LogP contribution in [0.5, 0.6) is 0 Å². The summed E-state index contributed by atoms with van der Waals surface area (Å²) in [6.45, 7) is 2.50. The molecule has 2 aliphatic rings. The molecule has 1 saturated carbocycles. The average molecular weight is 488 g/mol. The third-order valence-electron chi connectivity index (χ3n) is 6.79. The summed E-state index contributed by atoms with van der Waals surface area (Å²) < 4.78 is 32.7. The minimum Gasteiger partial charge on any atom is -0.390 e. The van der Waals surface area contributed by atoms with Gasteiger partial charge in [0.1, 0.15) is 23.0 Å². The topological polar surface area (TPSA) is 82.8 Å². The largest absolute Gasteiger partial charge is 0.390 e. The summed E-state index contributed by atoms with van der Waals surface area (Å²) in [6.07, 6.45) is 7.82. The highest BCUT2D eigenvalue weighted by atomic mass is 32.2. The maximum absolute atomic E-state index is 14.5. The zero-order valence-electron chi connectivity index (χ0n) is 18.9. The molecule has 1 amide bonds. The second-order valence-electron chi connectivity index (χ2n) is 9.37. The molecule has 180 valence electrons. The molecule has 7 nitrogen and oxygen atoms in total. The molecule has 10 heteroatoms. The lowest BCUT2D eigenvalue weighted by atomic mass is 9.86. The van der Waals surface area contributed by atoms with Crippen molar-refractivity contribution in [2.45, 2.75) is 62.3 Å². The fourth-order valence-corrected chi connectivity index (χ4v) is 5.69. The Labute approximate surface area is 200 Å². The second kappa shape index (κ2) is 9.14. The lowest BCUT2D eigenvalue weighted by Crippen LogP contribution is -2.33. The van der Waals surface area contributed by atoms with Gasteiger partial charge in [0.25, 0.3) is 5.91 Å². The SMILES string of the molecule is CC1(O)CCC(SNC(=O)c2cnn3ccc(N4CCC[C@@H]4c4cc(F)ccc4F)nc23)CC1. The molecule has 1 saturated heterocycles. The molecule has 1 atom stereocenters. The van der Waals surface area contributed by atoms with Crippen LogP contribution in [-0.2, 0) is 0 Å². The first-order valence-corrected chi connectivity index (χ1v) is 12.4. The third-order valence-corrected chi connectivity index (χ3v) is 7.90. The molecule has 0 spiro atoms. The van der Waals surface area contributed by atoms with Gasteiger partial charge in [-0.25, -0.2) is 18.3 Å². The fourth-order valence-electron chi connectivity index (χ4n) is 4.84. The van der Waals surface area contributed by atoms with Gasteiger partial charge in [0, 0.05) is 23.6 Å². The first kappa shape index (κ1) is 23.0. The number of nitrogens with one attached hydrogen (secondary N) is 1. The molecule has 0 unspecified atom stereocenters. The van der Waals surface area contributed by atoms with Crippen molar-refractivity contribution in [1.29, 1.82) is 0 Å². The van der Waals surface area contributed by atoms with Crippen molar-refractivity contribution in [3.05, 3.63) is 59.4 Å². The molecule has 1 aromatic carbocycles. The molecule has 34 heavy (non-hydrogen) atoms. The average Bonchev–Trinajstić information content (AvgIpc) is 3.46. The molecule has 3 aromatic rings. The Hall–Kier alpha value is -2.72. The first-order chi connectivity index (χ1) is 16.3. The van der Waals surface area contributed by atoms with Crippen molar-refractivity contribution in [3.8, 4) is 0 Å². The van der Waals surface area contributed by atoms with Crippen LogP contribution in [-0.4, -0.2) is 43.0 Å². The molecule has 2 N–H and O–H groups in total. The van der Waals surface area contributed by atoms with Crippen molar-refractivity contribution in [1.82, 2.24) is 19.3 Å². The highest BCUT2D eigenvalue weighted by Gasteiger charge is 2.31. The Morgan fingerprint density at radius 2 is 2.03 bits per heavy atom. The summed E-state index contributed by atoms with van der Waals surface area (Å²) in [4.78, 5) is 19.6. The van der Waals surface area contributed by atoms with Crippen molar-refractivity contribution in [2.24, 2.45) is 0 Å². The number of amides is 1. The molecule has 2 fully saturated rings. The van der Waals surface area contributed by atoms with Gasteiger partial charge in [0.15, 0.2) is 5.65 Å². The number of hydrogen-bond donors (Lipinski definition) is 2. The number of aliphatic hydroxyl groups is 1. The standard InChI is InChI=1S/C24H27F2N5O2S/c1-24(33)9-6-16(7-10-24)34-29-23(32)18-14-27-31-12-8-21(28-22(18)31)30-11-2-3-20(30)17-13-15(25)4-5-19(17)26/h4-5,8,12-14,16,20,33H,2-3,6-7,9-11H2,1H3,(H,29,32)/t16?,20-,24?/m1/s1. The lowest BCUT2D eigenvalue weighted by molar-refractivity contribution is 0.0240. The maximum Gasteiger partial charge on any atom is 0.266 e. The molecular weight excluding hydrogens is 460 g/mol. The van der Waals surface area contributed by atoms with E-state index in [0.29, 0.717) is 48.4 Å². The van der Waals surface area contributed by atoms with E-state index in [1.165, 1.54) is 28.7 Å². The molecule has 3 heterocycles. The summed E-state index contributed by atoms with van der Waals surface area (Å²) in [5.74, 6) is -0.600. The summed E-state index contributed by atoms with van der Waals surface area (Å²) in [5, 5.41) is 14.6. The van der Waals surface area contributed by atoms with E-state index in [1.54, 1.807) is 12.3 Å². The van der Waals surface area contributed by atoms with Crippen LogP contribution in [0.1, 0.15) is 67.4 Å². The Morgan fingerprint density at radius 1 is 1.24 bits per heavy atom. The van der Waals surface area contributed by atoms with Gasteiger partial charge in [0.05, 0.1) is 17.8 Å². The monoisotopic (exact) mass is 487 g/mol. The van der Waals surface area contributed by atoms with E-state index in [1.807, 2.05) is 11.8 Å². The van der Waals surface area contributed by atoms with Crippen LogP contribution in [0, 0.1) is 11.6 Å². The van der Waals surface area contributed by atoms with Crippen LogP contribution in [0.15, 0.2) is 36.7 Å². The third kappa shape index (κ3) is 4.61.